The number of aliphatic hydroxyl groups excluding tert-OH is 1. The summed E-state index contributed by atoms with van der Waals surface area (Å²) in [6.07, 6.45) is 6.19. The molecule has 3 rings (SSSR count). The van der Waals surface area contributed by atoms with Gasteiger partial charge in [-0.3, -0.25) is 0 Å². The molecule has 3 nitrogen and oxygen atoms in total. The maximum Gasteiger partial charge on any atom is 0.0540 e. The molecule has 1 aromatic carbocycles. The molecular formula is C16H22N2O. The molecule has 0 amide bonds. The third-order valence-corrected chi connectivity index (χ3v) is 4.24. The van der Waals surface area contributed by atoms with Crippen molar-refractivity contribution in [3.05, 3.63) is 36.0 Å². The van der Waals surface area contributed by atoms with Gasteiger partial charge in [0, 0.05) is 18.3 Å². The minimum Gasteiger partial charge on any atom is -0.393 e. The van der Waals surface area contributed by atoms with E-state index in [4.69, 9.17) is 0 Å². The minimum atomic E-state index is -0.0519. The highest BCUT2D eigenvalue weighted by molar-refractivity contribution is 5.82. The fourth-order valence-electron chi connectivity index (χ4n) is 3.06. The summed E-state index contributed by atoms with van der Waals surface area (Å²) in [7, 11) is 0. The molecule has 1 aliphatic rings. The van der Waals surface area contributed by atoms with Crippen molar-refractivity contribution in [2.45, 2.75) is 38.3 Å². The van der Waals surface area contributed by atoms with Gasteiger partial charge in [0.25, 0.3) is 0 Å². The molecule has 0 unspecified atom stereocenters. The van der Waals surface area contributed by atoms with E-state index in [1.54, 1.807) is 0 Å². The van der Waals surface area contributed by atoms with Crippen LogP contribution >= 0.6 is 0 Å². The van der Waals surface area contributed by atoms with E-state index >= 15 is 0 Å². The number of H-pyrrole nitrogens is 1. The number of fused-ring (bicyclic) bond motifs is 1. The maximum atomic E-state index is 9.50. The second kappa shape index (κ2) is 5.76. The summed E-state index contributed by atoms with van der Waals surface area (Å²) < 4.78 is 0. The van der Waals surface area contributed by atoms with Gasteiger partial charge >= 0.3 is 0 Å². The highest BCUT2D eigenvalue weighted by Crippen LogP contribution is 2.23. The molecule has 102 valence electrons. The van der Waals surface area contributed by atoms with Gasteiger partial charge in [-0.2, -0.15) is 0 Å². The maximum absolute atomic E-state index is 9.50. The number of para-hydroxylation sites is 1. The van der Waals surface area contributed by atoms with Crippen molar-refractivity contribution in [2.75, 3.05) is 6.54 Å². The normalized spacial score (nSPS) is 23.8. The summed E-state index contributed by atoms with van der Waals surface area (Å²) in [6.45, 7) is 1.97. The third-order valence-electron chi connectivity index (χ3n) is 4.24. The first-order chi connectivity index (χ1) is 9.33. The van der Waals surface area contributed by atoms with Gasteiger partial charge in [0.05, 0.1) is 6.10 Å². The average Bonchev–Trinajstić information content (AvgIpc) is 2.90. The van der Waals surface area contributed by atoms with Crippen LogP contribution in [0.5, 0.6) is 0 Å². The zero-order valence-electron chi connectivity index (χ0n) is 11.2. The quantitative estimate of drug-likeness (QED) is 0.789. The van der Waals surface area contributed by atoms with Crippen molar-refractivity contribution in [2.24, 2.45) is 5.92 Å². The van der Waals surface area contributed by atoms with Crippen LogP contribution in [-0.4, -0.2) is 22.7 Å². The molecule has 1 heterocycles. The summed E-state index contributed by atoms with van der Waals surface area (Å²) >= 11 is 0. The molecule has 0 radical (unpaired) electrons. The first-order valence-corrected chi connectivity index (χ1v) is 7.26. The van der Waals surface area contributed by atoms with E-state index in [1.165, 1.54) is 16.5 Å². The van der Waals surface area contributed by atoms with Crippen LogP contribution in [0.1, 0.15) is 31.2 Å². The SMILES string of the molecule is OC1CCC(CNCc2cccc3cc[nH]c23)CC1. The molecule has 0 saturated heterocycles. The molecule has 1 fully saturated rings. The lowest BCUT2D eigenvalue weighted by Crippen LogP contribution is -2.27. The number of nitrogens with one attached hydrogen (secondary N) is 2. The van der Waals surface area contributed by atoms with E-state index < -0.39 is 0 Å². The van der Waals surface area contributed by atoms with Gasteiger partial charge in [-0.1, -0.05) is 18.2 Å². The first kappa shape index (κ1) is 12.7. The fraction of sp³-hybridized carbons (Fsp3) is 0.500. The Hall–Kier alpha value is -1.32. The predicted molar refractivity (Wildman–Crippen MR) is 78.0 cm³/mol. The van der Waals surface area contributed by atoms with Gasteiger partial charge in [-0.15, -0.1) is 0 Å². The lowest BCUT2D eigenvalue weighted by Gasteiger charge is -2.25. The van der Waals surface area contributed by atoms with Gasteiger partial charge in [0.1, 0.15) is 0 Å². The van der Waals surface area contributed by atoms with Crippen LogP contribution in [0, 0.1) is 5.92 Å². The molecule has 19 heavy (non-hydrogen) atoms. The Kier molecular flexibility index (Phi) is 3.85. The lowest BCUT2D eigenvalue weighted by molar-refractivity contribution is 0.108. The first-order valence-electron chi connectivity index (χ1n) is 7.26. The largest absolute Gasteiger partial charge is 0.393 e. The predicted octanol–water partition coefficient (Wildman–Crippen LogP) is 2.81. The number of aromatic nitrogens is 1. The molecule has 0 spiro atoms. The van der Waals surface area contributed by atoms with Crippen molar-refractivity contribution < 1.29 is 5.11 Å². The van der Waals surface area contributed by atoms with Crippen molar-refractivity contribution in [3.63, 3.8) is 0 Å². The summed E-state index contributed by atoms with van der Waals surface area (Å²) in [5.41, 5.74) is 2.58. The zero-order valence-corrected chi connectivity index (χ0v) is 11.2. The molecule has 3 heteroatoms. The van der Waals surface area contributed by atoms with E-state index in [-0.39, 0.29) is 6.10 Å². The molecule has 0 atom stereocenters. The molecule has 0 aliphatic heterocycles. The third kappa shape index (κ3) is 2.99. The minimum absolute atomic E-state index is 0.0519. The molecule has 1 saturated carbocycles. The van der Waals surface area contributed by atoms with Crippen molar-refractivity contribution in [1.82, 2.24) is 10.3 Å². The second-order valence-electron chi connectivity index (χ2n) is 5.66. The van der Waals surface area contributed by atoms with Crippen LogP contribution in [0.3, 0.4) is 0 Å². The van der Waals surface area contributed by atoms with Crippen molar-refractivity contribution >= 4 is 10.9 Å². The number of hydrogen-bond acceptors (Lipinski definition) is 2. The smallest absolute Gasteiger partial charge is 0.0540 e. The molecule has 0 bridgehead atoms. The Balaban J connectivity index is 1.53. The Morgan fingerprint density at radius 3 is 2.84 bits per heavy atom. The zero-order chi connectivity index (χ0) is 13.1. The molecule has 1 aromatic heterocycles. The number of aromatic amines is 1. The van der Waals surface area contributed by atoms with Crippen molar-refractivity contribution in [3.8, 4) is 0 Å². The Morgan fingerprint density at radius 1 is 1.16 bits per heavy atom. The van der Waals surface area contributed by atoms with Gasteiger partial charge in [0.2, 0.25) is 0 Å². The summed E-state index contributed by atoms with van der Waals surface area (Å²) in [5.74, 6) is 0.728. The van der Waals surface area contributed by atoms with E-state index in [9.17, 15) is 5.11 Å². The molecule has 2 aromatic rings. The van der Waals surface area contributed by atoms with Crippen LogP contribution in [0.4, 0.5) is 0 Å². The fourth-order valence-corrected chi connectivity index (χ4v) is 3.06. The highest BCUT2D eigenvalue weighted by atomic mass is 16.3. The summed E-state index contributed by atoms with van der Waals surface area (Å²) in [6, 6.07) is 8.54. The number of hydrogen-bond donors (Lipinski definition) is 3. The summed E-state index contributed by atoms with van der Waals surface area (Å²) in [4.78, 5) is 3.31. The van der Waals surface area contributed by atoms with Crippen LogP contribution < -0.4 is 5.32 Å². The Morgan fingerprint density at radius 2 is 2.00 bits per heavy atom. The average molecular weight is 258 g/mol. The van der Waals surface area contributed by atoms with Gasteiger partial charge < -0.3 is 15.4 Å². The number of benzene rings is 1. The van der Waals surface area contributed by atoms with E-state index in [2.05, 4.69) is 34.6 Å². The van der Waals surface area contributed by atoms with Gasteiger partial charge in [-0.25, -0.2) is 0 Å². The van der Waals surface area contributed by atoms with E-state index in [0.717, 1.165) is 44.7 Å². The van der Waals surface area contributed by atoms with Gasteiger partial charge in [-0.05, 0) is 55.2 Å². The van der Waals surface area contributed by atoms with Crippen molar-refractivity contribution in [1.29, 1.82) is 0 Å². The van der Waals surface area contributed by atoms with Crippen LogP contribution in [0.2, 0.25) is 0 Å². The monoisotopic (exact) mass is 258 g/mol. The number of aliphatic hydroxyl groups is 1. The summed E-state index contributed by atoms with van der Waals surface area (Å²) in [5, 5.41) is 14.3. The molecule has 3 N–H and O–H groups in total. The highest BCUT2D eigenvalue weighted by Gasteiger charge is 2.18. The molecule has 1 aliphatic carbocycles. The van der Waals surface area contributed by atoms with Crippen LogP contribution in [0.25, 0.3) is 10.9 Å². The van der Waals surface area contributed by atoms with Crippen LogP contribution in [0.15, 0.2) is 30.5 Å². The molecular weight excluding hydrogens is 236 g/mol. The van der Waals surface area contributed by atoms with E-state index in [1.807, 2.05) is 6.20 Å². The number of rotatable bonds is 4. The van der Waals surface area contributed by atoms with Gasteiger partial charge in [0.15, 0.2) is 0 Å². The van der Waals surface area contributed by atoms with E-state index in [0.29, 0.717) is 0 Å². The second-order valence-corrected chi connectivity index (χ2v) is 5.66. The topological polar surface area (TPSA) is 48.0 Å². The Labute approximate surface area is 114 Å². The Bertz CT molecular complexity index is 526. The van der Waals surface area contributed by atoms with Crippen LogP contribution in [-0.2, 0) is 6.54 Å². The standard InChI is InChI=1S/C16H22N2O/c19-15-6-4-12(5-7-15)10-17-11-14-3-1-2-13-8-9-18-16(13)14/h1-3,8-9,12,15,17-19H,4-7,10-11H2. The lowest BCUT2D eigenvalue weighted by atomic mass is 9.87.